The van der Waals surface area contributed by atoms with Crippen molar-refractivity contribution in [3.63, 3.8) is 0 Å². The maximum absolute atomic E-state index is 11.7. The molecule has 0 saturated heterocycles. The summed E-state index contributed by atoms with van der Waals surface area (Å²) in [4.78, 5) is 11.7. The molecule has 5 heteroatoms. The van der Waals surface area contributed by atoms with Crippen molar-refractivity contribution in [2.24, 2.45) is 10.8 Å². The lowest BCUT2D eigenvalue weighted by Gasteiger charge is -2.11. The van der Waals surface area contributed by atoms with Crippen LogP contribution in [-0.2, 0) is 11.3 Å². The zero-order valence-electron chi connectivity index (χ0n) is 9.40. The van der Waals surface area contributed by atoms with Crippen LogP contribution in [0.2, 0.25) is 5.02 Å². The molecular weight excluding hydrogens is 238 g/mol. The van der Waals surface area contributed by atoms with Crippen molar-refractivity contribution in [3.05, 3.63) is 34.9 Å². The molecule has 2 rings (SSSR count). The summed E-state index contributed by atoms with van der Waals surface area (Å²) >= 11 is 5.80. The Hall–Kier alpha value is -1.39. The minimum atomic E-state index is 0.0309. The minimum absolute atomic E-state index is 0.0309. The Morgan fingerprint density at radius 3 is 2.71 bits per heavy atom. The molecule has 1 heterocycles. The van der Waals surface area contributed by atoms with Gasteiger partial charge in [0.2, 0.25) is 5.91 Å². The van der Waals surface area contributed by atoms with Gasteiger partial charge in [-0.2, -0.15) is 5.10 Å². The lowest BCUT2D eigenvalue weighted by molar-refractivity contribution is -0.129. The molecule has 4 nitrogen and oxygen atoms in total. The molecule has 0 atom stereocenters. The summed E-state index contributed by atoms with van der Waals surface area (Å²) in [5.41, 5.74) is 7.32. The molecule has 0 bridgehead atoms. The molecule has 1 aromatic carbocycles. The first-order chi connectivity index (χ1) is 8.19. The minimum Gasteiger partial charge on any atom is -0.330 e. The van der Waals surface area contributed by atoms with Crippen LogP contribution in [-0.4, -0.2) is 23.2 Å². The van der Waals surface area contributed by atoms with Gasteiger partial charge in [0.1, 0.15) is 0 Å². The van der Waals surface area contributed by atoms with Crippen molar-refractivity contribution in [2.75, 3.05) is 6.54 Å². The fraction of sp³-hybridized carbons (Fsp3) is 0.333. The highest BCUT2D eigenvalue weighted by Gasteiger charge is 2.22. The smallest absolute Gasteiger partial charge is 0.248 e. The molecule has 0 saturated carbocycles. The summed E-state index contributed by atoms with van der Waals surface area (Å²) in [6.07, 6.45) is 1.08. The maximum Gasteiger partial charge on any atom is 0.248 e. The molecule has 0 radical (unpaired) electrons. The molecule has 0 spiro atoms. The van der Waals surface area contributed by atoms with Crippen molar-refractivity contribution in [3.8, 4) is 0 Å². The highest BCUT2D eigenvalue weighted by molar-refractivity contribution is 6.30. The topological polar surface area (TPSA) is 58.7 Å². The summed E-state index contributed by atoms with van der Waals surface area (Å²) in [7, 11) is 0. The van der Waals surface area contributed by atoms with E-state index in [0.717, 1.165) is 11.3 Å². The van der Waals surface area contributed by atoms with Gasteiger partial charge in [0, 0.05) is 17.2 Å². The van der Waals surface area contributed by atoms with Gasteiger partial charge in [-0.05, 0) is 24.2 Å². The van der Waals surface area contributed by atoms with E-state index in [1.165, 1.54) is 5.01 Å². The van der Waals surface area contributed by atoms with Crippen molar-refractivity contribution < 1.29 is 4.79 Å². The number of amides is 1. The number of hydrogen-bond acceptors (Lipinski definition) is 3. The van der Waals surface area contributed by atoms with Gasteiger partial charge in [0.25, 0.3) is 0 Å². The number of halogens is 1. The zero-order valence-corrected chi connectivity index (χ0v) is 10.2. The number of rotatable bonds is 4. The molecule has 90 valence electrons. The number of carbonyl (C=O) groups is 1. The van der Waals surface area contributed by atoms with Crippen molar-refractivity contribution >= 4 is 23.2 Å². The summed E-state index contributed by atoms with van der Waals surface area (Å²) in [5.74, 6) is 0.0309. The van der Waals surface area contributed by atoms with Gasteiger partial charge in [-0.25, -0.2) is 5.01 Å². The standard InChI is InChI=1S/C12H14ClN3O/c13-10-3-1-9(2-4-10)8-16-12(17)7-11(15-16)5-6-14/h1-4H,5-8,14H2. The molecule has 0 unspecified atom stereocenters. The normalized spacial score (nSPS) is 15.3. The average molecular weight is 252 g/mol. The van der Waals surface area contributed by atoms with Gasteiger partial charge < -0.3 is 5.73 Å². The van der Waals surface area contributed by atoms with Gasteiger partial charge in [-0.1, -0.05) is 23.7 Å². The Morgan fingerprint density at radius 2 is 2.06 bits per heavy atom. The number of hydrogen-bond donors (Lipinski definition) is 1. The molecule has 2 N–H and O–H groups in total. The van der Waals surface area contributed by atoms with Gasteiger partial charge in [0.15, 0.2) is 0 Å². The third kappa shape index (κ3) is 3.05. The van der Waals surface area contributed by atoms with Crippen LogP contribution in [0.15, 0.2) is 29.4 Å². The monoisotopic (exact) mass is 251 g/mol. The first kappa shape index (κ1) is 12.1. The second-order valence-electron chi connectivity index (χ2n) is 3.96. The Bertz CT molecular complexity index is 442. The number of nitrogens with two attached hydrogens (primary N) is 1. The van der Waals surface area contributed by atoms with Crippen LogP contribution >= 0.6 is 11.6 Å². The second kappa shape index (κ2) is 5.29. The summed E-state index contributed by atoms with van der Waals surface area (Å²) in [5, 5.41) is 6.45. The summed E-state index contributed by atoms with van der Waals surface area (Å²) in [6.45, 7) is 1.02. The van der Waals surface area contributed by atoms with Gasteiger partial charge in [-0.15, -0.1) is 0 Å². The van der Waals surface area contributed by atoms with Crippen LogP contribution in [0.25, 0.3) is 0 Å². The largest absolute Gasteiger partial charge is 0.330 e. The van der Waals surface area contributed by atoms with E-state index >= 15 is 0 Å². The lowest BCUT2D eigenvalue weighted by atomic mass is 10.2. The molecule has 0 fully saturated rings. The fourth-order valence-corrected chi connectivity index (χ4v) is 1.84. The quantitative estimate of drug-likeness (QED) is 0.887. The van der Waals surface area contributed by atoms with Crippen LogP contribution in [0.4, 0.5) is 0 Å². The Morgan fingerprint density at radius 1 is 1.35 bits per heavy atom. The highest BCUT2D eigenvalue weighted by atomic mass is 35.5. The number of hydrazone groups is 1. The van der Waals surface area contributed by atoms with E-state index in [4.69, 9.17) is 17.3 Å². The van der Waals surface area contributed by atoms with E-state index in [2.05, 4.69) is 5.10 Å². The second-order valence-corrected chi connectivity index (χ2v) is 4.40. The van der Waals surface area contributed by atoms with E-state index in [1.807, 2.05) is 24.3 Å². The average Bonchev–Trinajstić information content (AvgIpc) is 2.63. The molecular formula is C12H14ClN3O. The third-order valence-corrected chi connectivity index (χ3v) is 2.84. The van der Waals surface area contributed by atoms with E-state index in [-0.39, 0.29) is 5.91 Å². The zero-order chi connectivity index (χ0) is 12.3. The number of nitrogens with zero attached hydrogens (tertiary/aromatic N) is 2. The molecule has 0 aliphatic carbocycles. The SMILES string of the molecule is NCCC1=NN(Cc2ccc(Cl)cc2)C(=O)C1. The predicted molar refractivity (Wildman–Crippen MR) is 67.7 cm³/mol. The number of benzene rings is 1. The Balaban J connectivity index is 2.03. The first-order valence-corrected chi connectivity index (χ1v) is 5.88. The van der Waals surface area contributed by atoms with Crippen molar-refractivity contribution in [2.45, 2.75) is 19.4 Å². The molecule has 0 aromatic heterocycles. The summed E-state index contributed by atoms with van der Waals surface area (Å²) < 4.78 is 0. The lowest BCUT2D eigenvalue weighted by Crippen LogP contribution is -2.19. The van der Waals surface area contributed by atoms with E-state index in [1.54, 1.807) is 0 Å². The maximum atomic E-state index is 11.7. The van der Waals surface area contributed by atoms with Crippen LogP contribution in [0.5, 0.6) is 0 Å². The molecule has 1 aromatic rings. The van der Waals surface area contributed by atoms with Crippen LogP contribution in [0.3, 0.4) is 0 Å². The molecule has 1 amide bonds. The predicted octanol–water partition coefficient (Wildman–Crippen LogP) is 1.78. The third-order valence-electron chi connectivity index (χ3n) is 2.58. The Labute approximate surface area is 105 Å². The molecule has 1 aliphatic rings. The highest BCUT2D eigenvalue weighted by Crippen LogP contribution is 2.16. The van der Waals surface area contributed by atoms with Crippen molar-refractivity contribution in [1.29, 1.82) is 0 Å². The summed E-state index contributed by atoms with van der Waals surface area (Å²) in [6, 6.07) is 7.40. The molecule has 1 aliphatic heterocycles. The van der Waals surface area contributed by atoms with Gasteiger partial charge >= 0.3 is 0 Å². The van der Waals surface area contributed by atoms with Crippen LogP contribution < -0.4 is 5.73 Å². The van der Waals surface area contributed by atoms with Crippen molar-refractivity contribution in [1.82, 2.24) is 5.01 Å². The van der Waals surface area contributed by atoms with Crippen LogP contribution in [0, 0.1) is 0 Å². The van der Waals surface area contributed by atoms with E-state index < -0.39 is 0 Å². The Kier molecular flexibility index (Phi) is 3.76. The van der Waals surface area contributed by atoms with E-state index in [0.29, 0.717) is 31.0 Å². The fourth-order valence-electron chi connectivity index (χ4n) is 1.72. The number of carbonyl (C=O) groups excluding carboxylic acids is 1. The molecule has 17 heavy (non-hydrogen) atoms. The first-order valence-electron chi connectivity index (χ1n) is 5.50. The van der Waals surface area contributed by atoms with Gasteiger partial charge in [0.05, 0.1) is 13.0 Å². The van der Waals surface area contributed by atoms with E-state index in [9.17, 15) is 4.79 Å². The van der Waals surface area contributed by atoms with Crippen LogP contribution in [0.1, 0.15) is 18.4 Å². The van der Waals surface area contributed by atoms with Gasteiger partial charge in [-0.3, -0.25) is 4.79 Å².